The Bertz CT molecular complexity index is 750. The second-order valence-electron chi connectivity index (χ2n) is 6.55. The van der Waals surface area contributed by atoms with Crippen LogP contribution in [-0.2, 0) is 6.54 Å². The van der Waals surface area contributed by atoms with Crippen molar-refractivity contribution >= 4 is 17.1 Å². The van der Waals surface area contributed by atoms with Gasteiger partial charge in [-0.1, -0.05) is 27.7 Å². The molecular formula is C17H24N4O2. The van der Waals surface area contributed by atoms with Crippen LogP contribution in [0.4, 0.5) is 0 Å². The Labute approximate surface area is 136 Å². The fourth-order valence-electron chi connectivity index (χ4n) is 2.32. The zero-order chi connectivity index (χ0) is 17.0. The van der Waals surface area contributed by atoms with Gasteiger partial charge in [0.15, 0.2) is 11.3 Å². The standard InChI is InChI=1S/C17H24N4O2/c1-11(2)7-9-19-16(22)14-17(23)21(10-12(3)4)15-13(20-14)6-5-8-18-15/h5-6,8,11-12H,7,9-10H2,1-4H3,(H,19,22). The van der Waals surface area contributed by atoms with Gasteiger partial charge >= 0.3 is 0 Å². The minimum Gasteiger partial charge on any atom is -0.351 e. The SMILES string of the molecule is CC(C)CCNC(=O)c1nc2cccnc2n(CC(C)C)c1=O. The second-order valence-corrected chi connectivity index (χ2v) is 6.55. The number of pyridine rings is 1. The second kappa shape index (κ2) is 7.35. The zero-order valence-corrected chi connectivity index (χ0v) is 14.2. The predicted molar refractivity (Wildman–Crippen MR) is 90.4 cm³/mol. The lowest BCUT2D eigenvalue weighted by Gasteiger charge is -2.13. The number of aromatic nitrogens is 3. The summed E-state index contributed by atoms with van der Waals surface area (Å²) in [5.74, 6) is 0.331. The maximum atomic E-state index is 12.7. The molecule has 124 valence electrons. The van der Waals surface area contributed by atoms with E-state index in [0.29, 0.717) is 30.2 Å². The van der Waals surface area contributed by atoms with Crippen LogP contribution in [0, 0.1) is 11.8 Å². The van der Waals surface area contributed by atoms with Gasteiger partial charge < -0.3 is 5.32 Å². The van der Waals surface area contributed by atoms with Gasteiger partial charge in [0.25, 0.3) is 11.5 Å². The monoisotopic (exact) mass is 316 g/mol. The first kappa shape index (κ1) is 17.1. The number of nitrogens with one attached hydrogen (secondary N) is 1. The van der Waals surface area contributed by atoms with E-state index in [4.69, 9.17) is 0 Å². The normalized spacial score (nSPS) is 11.4. The highest BCUT2D eigenvalue weighted by Gasteiger charge is 2.18. The third-order valence-corrected chi connectivity index (χ3v) is 3.47. The van der Waals surface area contributed by atoms with E-state index in [0.717, 1.165) is 6.42 Å². The van der Waals surface area contributed by atoms with Crippen LogP contribution >= 0.6 is 0 Å². The number of rotatable bonds is 6. The first-order valence-electron chi connectivity index (χ1n) is 8.04. The van der Waals surface area contributed by atoms with Crippen molar-refractivity contribution in [3.63, 3.8) is 0 Å². The number of nitrogens with zero attached hydrogens (tertiary/aromatic N) is 3. The fourth-order valence-corrected chi connectivity index (χ4v) is 2.32. The molecule has 2 heterocycles. The van der Waals surface area contributed by atoms with Crippen molar-refractivity contribution in [3.05, 3.63) is 34.4 Å². The summed E-state index contributed by atoms with van der Waals surface area (Å²) in [6.45, 7) is 9.24. The quantitative estimate of drug-likeness (QED) is 0.886. The molecule has 2 rings (SSSR count). The molecule has 0 radical (unpaired) electrons. The van der Waals surface area contributed by atoms with E-state index in [1.807, 2.05) is 13.8 Å². The molecule has 0 unspecified atom stereocenters. The summed E-state index contributed by atoms with van der Waals surface area (Å²) in [5.41, 5.74) is 0.633. The van der Waals surface area contributed by atoms with Crippen LogP contribution < -0.4 is 10.9 Å². The molecule has 0 aromatic carbocycles. The summed E-state index contributed by atoms with van der Waals surface area (Å²) in [6, 6.07) is 3.52. The Kier molecular flexibility index (Phi) is 5.47. The van der Waals surface area contributed by atoms with E-state index in [-0.39, 0.29) is 17.2 Å². The molecule has 2 aromatic heterocycles. The average molecular weight is 316 g/mol. The van der Waals surface area contributed by atoms with Gasteiger partial charge in [-0.15, -0.1) is 0 Å². The molecule has 0 saturated heterocycles. The number of carbonyl (C=O) groups excluding carboxylic acids is 1. The number of hydrogen-bond acceptors (Lipinski definition) is 4. The van der Waals surface area contributed by atoms with Crippen molar-refractivity contribution < 1.29 is 4.79 Å². The van der Waals surface area contributed by atoms with Gasteiger partial charge in [0.05, 0.1) is 0 Å². The molecule has 0 aliphatic rings. The highest BCUT2D eigenvalue weighted by molar-refractivity contribution is 5.93. The zero-order valence-electron chi connectivity index (χ0n) is 14.2. The van der Waals surface area contributed by atoms with E-state index in [1.54, 1.807) is 22.9 Å². The molecule has 0 saturated carbocycles. The summed E-state index contributed by atoms with van der Waals surface area (Å²) in [4.78, 5) is 33.5. The Balaban J connectivity index is 2.42. The van der Waals surface area contributed by atoms with Crippen molar-refractivity contribution in [2.24, 2.45) is 11.8 Å². The molecule has 1 N–H and O–H groups in total. The van der Waals surface area contributed by atoms with Crippen molar-refractivity contribution in [2.75, 3.05) is 6.54 Å². The Morgan fingerprint density at radius 2 is 2.00 bits per heavy atom. The average Bonchev–Trinajstić information content (AvgIpc) is 2.49. The smallest absolute Gasteiger partial charge is 0.283 e. The molecule has 0 aliphatic carbocycles. The summed E-state index contributed by atoms with van der Waals surface area (Å²) < 4.78 is 1.55. The highest BCUT2D eigenvalue weighted by atomic mass is 16.2. The molecule has 0 bridgehead atoms. The third-order valence-electron chi connectivity index (χ3n) is 3.47. The minimum absolute atomic E-state index is 0.0603. The van der Waals surface area contributed by atoms with Gasteiger partial charge in [0.1, 0.15) is 5.52 Å². The van der Waals surface area contributed by atoms with Crippen LogP contribution in [0.15, 0.2) is 23.1 Å². The molecule has 0 fully saturated rings. The van der Waals surface area contributed by atoms with Crippen molar-refractivity contribution in [1.82, 2.24) is 19.9 Å². The van der Waals surface area contributed by atoms with Crippen LogP contribution in [0.3, 0.4) is 0 Å². The Morgan fingerprint density at radius 3 is 2.65 bits per heavy atom. The summed E-state index contributed by atoms with van der Waals surface area (Å²) >= 11 is 0. The molecule has 0 aliphatic heterocycles. The summed E-state index contributed by atoms with van der Waals surface area (Å²) in [6.07, 6.45) is 2.49. The van der Waals surface area contributed by atoms with Gasteiger partial charge in [-0.2, -0.15) is 0 Å². The lowest BCUT2D eigenvalue weighted by atomic mass is 10.1. The number of hydrogen-bond donors (Lipinski definition) is 1. The van der Waals surface area contributed by atoms with Gasteiger partial charge in [-0.25, -0.2) is 9.97 Å². The molecule has 0 atom stereocenters. The summed E-state index contributed by atoms with van der Waals surface area (Å²) in [5, 5.41) is 2.78. The van der Waals surface area contributed by atoms with E-state index >= 15 is 0 Å². The van der Waals surface area contributed by atoms with Crippen molar-refractivity contribution in [2.45, 2.75) is 40.7 Å². The van der Waals surface area contributed by atoms with Crippen LogP contribution in [0.1, 0.15) is 44.6 Å². The van der Waals surface area contributed by atoms with E-state index < -0.39 is 5.91 Å². The predicted octanol–water partition coefficient (Wildman–Crippen LogP) is 2.22. The summed E-state index contributed by atoms with van der Waals surface area (Å²) in [7, 11) is 0. The van der Waals surface area contributed by atoms with Crippen molar-refractivity contribution in [3.8, 4) is 0 Å². The highest BCUT2D eigenvalue weighted by Crippen LogP contribution is 2.09. The van der Waals surface area contributed by atoms with Crippen molar-refractivity contribution in [1.29, 1.82) is 0 Å². The molecule has 6 nitrogen and oxygen atoms in total. The molecule has 23 heavy (non-hydrogen) atoms. The minimum atomic E-state index is -0.418. The van der Waals surface area contributed by atoms with Crippen LogP contribution in [-0.4, -0.2) is 27.0 Å². The number of amides is 1. The first-order valence-corrected chi connectivity index (χ1v) is 8.04. The molecule has 1 amide bonds. The van der Waals surface area contributed by atoms with E-state index in [9.17, 15) is 9.59 Å². The van der Waals surface area contributed by atoms with Crippen LogP contribution in [0.25, 0.3) is 11.2 Å². The molecule has 2 aromatic rings. The topological polar surface area (TPSA) is 76.9 Å². The van der Waals surface area contributed by atoms with Gasteiger partial charge in [0.2, 0.25) is 0 Å². The van der Waals surface area contributed by atoms with Gasteiger partial charge in [0, 0.05) is 19.3 Å². The molecule has 0 spiro atoms. The maximum absolute atomic E-state index is 12.7. The Morgan fingerprint density at radius 1 is 1.26 bits per heavy atom. The van der Waals surface area contributed by atoms with Crippen LogP contribution in [0.2, 0.25) is 0 Å². The maximum Gasteiger partial charge on any atom is 0.283 e. The van der Waals surface area contributed by atoms with Gasteiger partial charge in [-0.3, -0.25) is 14.2 Å². The lowest BCUT2D eigenvalue weighted by molar-refractivity contribution is 0.0945. The first-order chi connectivity index (χ1) is 10.9. The van der Waals surface area contributed by atoms with Crippen LogP contribution in [0.5, 0.6) is 0 Å². The van der Waals surface area contributed by atoms with Gasteiger partial charge in [-0.05, 0) is 30.4 Å². The Hall–Kier alpha value is -2.24. The largest absolute Gasteiger partial charge is 0.351 e. The fraction of sp³-hybridized carbons (Fsp3) is 0.529. The lowest BCUT2D eigenvalue weighted by Crippen LogP contribution is -2.36. The number of fused-ring (bicyclic) bond motifs is 1. The van der Waals surface area contributed by atoms with E-state index in [2.05, 4.69) is 29.1 Å². The third kappa shape index (κ3) is 4.15. The molecule has 6 heteroatoms. The van der Waals surface area contributed by atoms with E-state index in [1.165, 1.54) is 0 Å². The number of carbonyl (C=O) groups is 1. The molecular weight excluding hydrogens is 292 g/mol.